The molecule has 7 nitrogen and oxygen atoms in total. The lowest BCUT2D eigenvalue weighted by atomic mass is 9.86. The van der Waals surface area contributed by atoms with Gasteiger partial charge in [-0.3, -0.25) is 0 Å². The van der Waals surface area contributed by atoms with Crippen LogP contribution in [0.3, 0.4) is 0 Å². The van der Waals surface area contributed by atoms with Crippen LogP contribution in [0.15, 0.2) is 5.16 Å². The third kappa shape index (κ3) is 5.73. The Morgan fingerprint density at radius 3 is 2.05 bits per heavy atom. The molecular formula is C12H27N3O4. The summed E-state index contributed by atoms with van der Waals surface area (Å²) in [6.45, 7) is 3.39. The van der Waals surface area contributed by atoms with Crippen molar-refractivity contribution in [3.8, 4) is 0 Å². The number of amidine groups is 1. The number of nitrogens with zero attached hydrogens (tertiary/aromatic N) is 1. The Hall–Kier alpha value is -0.890. The summed E-state index contributed by atoms with van der Waals surface area (Å²) in [5, 5.41) is 42.0. The smallest absolute Gasteiger partial charge is 0.144 e. The van der Waals surface area contributed by atoms with Crippen molar-refractivity contribution in [2.24, 2.45) is 16.3 Å². The molecule has 7 heteroatoms. The average Bonchev–Trinajstić information content (AvgIpc) is 2.42. The topological polar surface area (TPSA) is 131 Å². The zero-order valence-corrected chi connectivity index (χ0v) is 11.8. The maximum absolute atomic E-state index is 9.12. The van der Waals surface area contributed by atoms with Gasteiger partial charge < -0.3 is 31.6 Å². The van der Waals surface area contributed by atoms with Crippen molar-refractivity contribution in [1.29, 1.82) is 0 Å². The Labute approximate surface area is 114 Å². The molecule has 114 valence electrons. The highest BCUT2D eigenvalue weighted by Gasteiger charge is 2.27. The van der Waals surface area contributed by atoms with Crippen molar-refractivity contribution >= 4 is 5.84 Å². The average molecular weight is 277 g/mol. The number of nitrogens with two attached hydrogens (primary N) is 1. The van der Waals surface area contributed by atoms with Gasteiger partial charge in [-0.2, -0.15) is 0 Å². The minimum atomic E-state index is -1.03. The van der Waals surface area contributed by atoms with Crippen molar-refractivity contribution in [2.75, 3.05) is 26.4 Å². The van der Waals surface area contributed by atoms with E-state index in [0.29, 0.717) is 6.54 Å². The van der Waals surface area contributed by atoms with E-state index in [2.05, 4.69) is 10.5 Å². The van der Waals surface area contributed by atoms with Gasteiger partial charge in [-0.1, -0.05) is 25.4 Å². The molecule has 19 heavy (non-hydrogen) atoms. The summed E-state index contributed by atoms with van der Waals surface area (Å²) in [6, 6.07) is 0. The molecule has 0 aliphatic rings. The summed E-state index contributed by atoms with van der Waals surface area (Å²) in [7, 11) is 0. The van der Waals surface area contributed by atoms with Crippen molar-refractivity contribution in [1.82, 2.24) is 5.32 Å². The third-order valence-corrected chi connectivity index (χ3v) is 3.44. The number of hydrogen-bond donors (Lipinski definition) is 6. The van der Waals surface area contributed by atoms with Crippen LogP contribution >= 0.6 is 0 Å². The van der Waals surface area contributed by atoms with Crippen molar-refractivity contribution in [3.63, 3.8) is 0 Å². The Balaban J connectivity index is 4.00. The lowest BCUT2D eigenvalue weighted by Crippen LogP contribution is -2.55. The minimum absolute atomic E-state index is 0.205. The van der Waals surface area contributed by atoms with E-state index in [0.717, 1.165) is 19.3 Å². The Morgan fingerprint density at radius 1 is 1.11 bits per heavy atom. The van der Waals surface area contributed by atoms with E-state index in [4.69, 9.17) is 26.3 Å². The molecule has 0 unspecified atom stereocenters. The normalized spacial score (nSPS) is 13.8. The van der Waals surface area contributed by atoms with E-state index in [1.165, 1.54) is 0 Å². The molecule has 0 aromatic carbocycles. The molecule has 0 saturated carbocycles. The number of aliphatic hydroxyl groups excluding tert-OH is 3. The molecule has 0 aromatic heterocycles. The summed E-state index contributed by atoms with van der Waals surface area (Å²) in [4.78, 5) is 0. The van der Waals surface area contributed by atoms with Crippen LogP contribution < -0.4 is 11.1 Å². The predicted octanol–water partition coefficient (Wildman–Crippen LogP) is -0.765. The highest BCUT2D eigenvalue weighted by molar-refractivity contribution is 5.85. The number of oxime groups is 1. The summed E-state index contributed by atoms with van der Waals surface area (Å²) in [6.07, 6.45) is 2.40. The van der Waals surface area contributed by atoms with Crippen molar-refractivity contribution in [2.45, 2.75) is 38.6 Å². The molecule has 0 atom stereocenters. The quantitative estimate of drug-likeness (QED) is 0.102. The maximum atomic E-state index is 9.12. The van der Waals surface area contributed by atoms with Crippen LogP contribution in [0.1, 0.15) is 33.1 Å². The molecule has 0 rings (SSSR count). The van der Waals surface area contributed by atoms with Crippen molar-refractivity contribution in [3.05, 3.63) is 0 Å². The zero-order valence-electron chi connectivity index (χ0n) is 11.8. The fourth-order valence-electron chi connectivity index (χ4n) is 1.63. The first-order chi connectivity index (χ1) is 8.87. The lowest BCUT2D eigenvalue weighted by Gasteiger charge is -2.29. The predicted molar refractivity (Wildman–Crippen MR) is 73.0 cm³/mol. The first-order valence-electron chi connectivity index (χ1n) is 6.43. The molecule has 0 aliphatic carbocycles. The van der Waals surface area contributed by atoms with Gasteiger partial charge >= 0.3 is 0 Å². The second-order valence-corrected chi connectivity index (χ2v) is 5.51. The van der Waals surface area contributed by atoms with Crippen molar-refractivity contribution < 1.29 is 20.5 Å². The number of aliphatic hydroxyl groups is 3. The molecule has 0 aromatic rings. The van der Waals surface area contributed by atoms with Crippen LogP contribution in [0, 0.1) is 5.41 Å². The standard InChI is InChI=1S/C12H27N3O4/c1-11(2,10(13)15-19)5-3-4-6-14-12(7-16,8-17)9-18/h14,16-19H,3-9H2,1-2H3,(H2,13,15). The van der Waals surface area contributed by atoms with E-state index in [9.17, 15) is 0 Å². The highest BCUT2D eigenvalue weighted by atomic mass is 16.4. The summed E-state index contributed by atoms with van der Waals surface area (Å²) >= 11 is 0. The van der Waals surface area contributed by atoms with Crippen LogP contribution in [0.4, 0.5) is 0 Å². The van der Waals surface area contributed by atoms with Gasteiger partial charge in [0.2, 0.25) is 0 Å². The largest absolute Gasteiger partial charge is 0.409 e. The van der Waals surface area contributed by atoms with Gasteiger partial charge in [-0.25, -0.2) is 0 Å². The highest BCUT2D eigenvalue weighted by Crippen LogP contribution is 2.23. The van der Waals surface area contributed by atoms with E-state index in [-0.39, 0.29) is 31.1 Å². The van der Waals surface area contributed by atoms with E-state index >= 15 is 0 Å². The van der Waals surface area contributed by atoms with Crippen LogP contribution in [-0.2, 0) is 0 Å². The summed E-state index contributed by atoms with van der Waals surface area (Å²) in [5.41, 5.74) is 4.19. The Morgan fingerprint density at radius 2 is 1.63 bits per heavy atom. The first-order valence-corrected chi connectivity index (χ1v) is 6.43. The van der Waals surface area contributed by atoms with Gasteiger partial charge in [0.25, 0.3) is 0 Å². The van der Waals surface area contributed by atoms with Crippen LogP contribution in [0.2, 0.25) is 0 Å². The molecule has 0 fully saturated rings. The molecule has 0 radical (unpaired) electrons. The van der Waals surface area contributed by atoms with Crippen LogP contribution in [0.25, 0.3) is 0 Å². The molecule has 7 N–H and O–H groups in total. The summed E-state index contributed by atoms with van der Waals surface area (Å²) in [5.74, 6) is 0.205. The Bertz CT molecular complexity index is 270. The summed E-state index contributed by atoms with van der Waals surface area (Å²) < 4.78 is 0. The fourth-order valence-corrected chi connectivity index (χ4v) is 1.63. The van der Waals surface area contributed by atoms with Crippen LogP contribution in [0.5, 0.6) is 0 Å². The van der Waals surface area contributed by atoms with Gasteiger partial charge in [0.05, 0.1) is 25.4 Å². The SMILES string of the molecule is CC(C)(CCCCNC(CO)(CO)CO)C(N)=NO. The van der Waals surface area contributed by atoms with Gasteiger partial charge in [0, 0.05) is 5.41 Å². The van der Waals surface area contributed by atoms with Crippen LogP contribution in [-0.4, -0.2) is 58.3 Å². The molecule has 0 amide bonds. The lowest BCUT2D eigenvalue weighted by molar-refractivity contribution is 0.0424. The Kier molecular flexibility index (Phi) is 7.93. The maximum Gasteiger partial charge on any atom is 0.144 e. The van der Waals surface area contributed by atoms with Gasteiger partial charge in [-0.05, 0) is 19.4 Å². The molecular weight excluding hydrogens is 250 g/mol. The number of rotatable bonds is 10. The zero-order chi connectivity index (χ0) is 14.9. The minimum Gasteiger partial charge on any atom is -0.409 e. The number of nitrogens with one attached hydrogen (secondary N) is 1. The van der Waals surface area contributed by atoms with Gasteiger partial charge in [0.1, 0.15) is 5.84 Å². The molecule has 0 heterocycles. The molecule has 0 aliphatic heterocycles. The monoisotopic (exact) mass is 277 g/mol. The van der Waals surface area contributed by atoms with Gasteiger partial charge in [0.15, 0.2) is 0 Å². The van der Waals surface area contributed by atoms with E-state index < -0.39 is 5.54 Å². The van der Waals surface area contributed by atoms with E-state index in [1.807, 2.05) is 13.8 Å². The second kappa shape index (κ2) is 8.31. The van der Waals surface area contributed by atoms with E-state index in [1.54, 1.807) is 0 Å². The van der Waals surface area contributed by atoms with Gasteiger partial charge in [-0.15, -0.1) is 0 Å². The fraction of sp³-hybridized carbons (Fsp3) is 0.917. The number of hydrogen-bond acceptors (Lipinski definition) is 6. The number of unbranched alkanes of at least 4 members (excludes halogenated alkanes) is 1. The molecule has 0 saturated heterocycles. The third-order valence-electron chi connectivity index (χ3n) is 3.44. The second-order valence-electron chi connectivity index (χ2n) is 5.51. The first kappa shape index (κ1) is 18.1. The molecule has 0 bridgehead atoms. The molecule has 0 spiro atoms.